The maximum Gasteiger partial charge on any atom is 0.407 e. The van der Waals surface area contributed by atoms with Crippen molar-refractivity contribution in [2.24, 2.45) is 5.11 Å². The Kier molecular flexibility index (Phi) is 37.7. The Morgan fingerprint density at radius 3 is 1.21 bits per heavy atom. The quantitative estimate of drug-likeness (QED) is 0.0173. The number of carbonyl (C=O) groups is 7. The zero-order valence-corrected chi connectivity index (χ0v) is 39.2. The summed E-state index contributed by atoms with van der Waals surface area (Å²) >= 11 is 0. The molecule has 0 spiro atoms. The molecule has 0 aliphatic carbocycles. The van der Waals surface area contributed by atoms with Crippen LogP contribution in [0.4, 0.5) is 14.4 Å². The standard InChI is InChI=1S/C40H74N10O17/c1-39(2,3)67-38(59)47-16-6-13-44-34(53)9-21-66-31-40(29-64-19-7-32(51)42-11-4-14-45-36(55)56,30-65-20-8-33(52)43-12-5-15-46-37(57)58)49-35(54)10-18-60-23-25-62-27-28-63-26-24-61-22-17-48-50-41/h45-46H,4-31H2,1-3H3,(H,42,51)(H,43,52)(H,44,53)(H,47,59)(H,49,54)(H,55,56)(H,57,58). The highest BCUT2D eigenvalue weighted by Crippen LogP contribution is 2.12. The first-order valence-corrected chi connectivity index (χ1v) is 22.1. The summed E-state index contributed by atoms with van der Waals surface area (Å²) in [5, 5.41) is 38.8. The van der Waals surface area contributed by atoms with Crippen LogP contribution in [0, 0.1) is 0 Å². The molecule has 0 aliphatic heterocycles. The molecule has 0 saturated carbocycles. The van der Waals surface area contributed by atoms with Crippen LogP contribution in [0.1, 0.15) is 65.7 Å². The SMILES string of the molecule is CC(C)(C)OC(=O)NCCCNC(=O)CCOCC(COCCC(=O)NCCCNC(=O)O)(COCCC(=O)NCCCNC(=O)O)NC(=O)CCOCCOCCOCCOCCN=[N+]=[N-]. The maximum absolute atomic E-state index is 13.4. The normalized spacial score (nSPS) is 11.1. The molecule has 0 bridgehead atoms. The third-order valence-electron chi connectivity index (χ3n) is 8.20. The van der Waals surface area contributed by atoms with Crippen LogP contribution in [0.25, 0.3) is 10.4 Å². The lowest BCUT2D eigenvalue weighted by atomic mass is 10.0. The van der Waals surface area contributed by atoms with E-state index in [1.54, 1.807) is 20.8 Å². The number of nitrogens with zero attached hydrogens (tertiary/aromatic N) is 3. The number of carbonyl (C=O) groups excluding carboxylic acids is 5. The minimum Gasteiger partial charge on any atom is -0.465 e. The molecule has 0 rings (SSSR count). The van der Waals surface area contributed by atoms with Crippen molar-refractivity contribution in [3.63, 3.8) is 0 Å². The number of hydrogen-bond acceptors (Lipinski definition) is 16. The van der Waals surface area contributed by atoms with Crippen LogP contribution in [0.15, 0.2) is 5.11 Å². The first-order chi connectivity index (χ1) is 32.1. The largest absolute Gasteiger partial charge is 0.465 e. The van der Waals surface area contributed by atoms with Crippen molar-refractivity contribution < 1.29 is 81.7 Å². The van der Waals surface area contributed by atoms with Crippen LogP contribution in [0.5, 0.6) is 0 Å². The van der Waals surface area contributed by atoms with Crippen molar-refractivity contribution in [1.82, 2.24) is 37.2 Å². The Morgan fingerprint density at radius 2 is 0.821 bits per heavy atom. The summed E-state index contributed by atoms with van der Waals surface area (Å²) in [7, 11) is 0. The summed E-state index contributed by atoms with van der Waals surface area (Å²) in [4.78, 5) is 86.6. The van der Waals surface area contributed by atoms with Gasteiger partial charge in [-0.25, -0.2) is 14.4 Å². The second kappa shape index (κ2) is 41.0. The van der Waals surface area contributed by atoms with Crippen LogP contribution in [-0.2, 0) is 57.1 Å². The minimum absolute atomic E-state index is 0.0231. The summed E-state index contributed by atoms with van der Waals surface area (Å²) < 4.78 is 44.6. The molecule has 67 heavy (non-hydrogen) atoms. The fourth-order valence-corrected chi connectivity index (χ4v) is 5.07. The average molecular weight is 967 g/mol. The fraction of sp³-hybridized carbons (Fsp3) is 0.825. The van der Waals surface area contributed by atoms with Gasteiger partial charge in [0.2, 0.25) is 23.6 Å². The van der Waals surface area contributed by atoms with Crippen LogP contribution < -0.4 is 37.2 Å². The first-order valence-electron chi connectivity index (χ1n) is 22.1. The Balaban J connectivity index is 5.42. The van der Waals surface area contributed by atoms with Gasteiger partial charge in [-0.2, -0.15) is 0 Å². The van der Waals surface area contributed by atoms with Crippen LogP contribution in [-0.4, -0.2) is 202 Å². The Hall–Kier alpha value is -5.28. The number of rotatable bonds is 43. The molecular formula is C40H74N10O17. The highest BCUT2D eigenvalue weighted by atomic mass is 16.6. The molecular weight excluding hydrogens is 892 g/mol. The van der Waals surface area contributed by atoms with Gasteiger partial charge in [0.05, 0.1) is 92.5 Å². The molecule has 386 valence electrons. The van der Waals surface area contributed by atoms with E-state index in [1.165, 1.54) is 0 Å². The molecule has 0 atom stereocenters. The minimum atomic E-state index is -1.38. The molecule has 0 fully saturated rings. The van der Waals surface area contributed by atoms with E-state index < -0.39 is 35.3 Å². The zero-order valence-electron chi connectivity index (χ0n) is 39.2. The number of ether oxygens (including phenoxy) is 8. The predicted octanol–water partition coefficient (Wildman–Crippen LogP) is 0.407. The van der Waals surface area contributed by atoms with E-state index in [2.05, 4.69) is 47.2 Å². The van der Waals surface area contributed by atoms with Gasteiger partial charge in [-0.1, -0.05) is 5.11 Å². The summed E-state index contributed by atoms with van der Waals surface area (Å²) in [6, 6.07) is 0. The summed E-state index contributed by atoms with van der Waals surface area (Å²) in [6.45, 7) is 8.00. The van der Waals surface area contributed by atoms with Gasteiger partial charge >= 0.3 is 18.3 Å². The van der Waals surface area contributed by atoms with E-state index in [0.29, 0.717) is 52.3 Å². The molecule has 0 aromatic heterocycles. The van der Waals surface area contributed by atoms with E-state index in [9.17, 15) is 33.6 Å². The molecule has 0 aromatic carbocycles. The van der Waals surface area contributed by atoms with Gasteiger partial charge in [0.1, 0.15) is 11.1 Å². The van der Waals surface area contributed by atoms with E-state index >= 15 is 0 Å². The highest BCUT2D eigenvalue weighted by Gasteiger charge is 2.34. The van der Waals surface area contributed by atoms with Crippen molar-refractivity contribution in [2.75, 3.05) is 138 Å². The van der Waals surface area contributed by atoms with E-state index in [-0.39, 0.29) is 149 Å². The molecule has 0 heterocycles. The van der Waals surface area contributed by atoms with Gasteiger partial charge in [0.25, 0.3) is 0 Å². The number of hydrogen-bond donors (Lipinski definition) is 9. The number of azide groups is 1. The molecule has 7 amide bonds. The lowest BCUT2D eigenvalue weighted by Gasteiger charge is -2.34. The average Bonchev–Trinajstić information content (AvgIpc) is 3.25. The molecule has 0 aliphatic rings. The Labute approximate surface area is 391 Å². The van der Waals surface area contributed by atoms with Crippen LogP contribution in [0.3, 0.4) is 0 Å². The van der Waals surface area contributed by atoms with Gasteiger partial charge in [0.15, 0.2) is 0 Å². The number of amides is 7. The number of alkyl carbamates (subject to hydrolysis) is 1. The van der Waals surface area contributed by atoms with E-state index in [1.807, 2.05) is 0 Å². The van der Waals surface area contributed by atoms with Crippen molar-refractivity contribution >= 4 is 41.9 Å². The number of carboxylic acid groups (broad SMARTS) is 2. The molecule has 0 aromatic rings. The molecule has 27 heteroatoms. The maximum atomic E-state index is 13.4. The topological polar surface area (TPSA) is 367 Å². The van der Waals surface area contributed by atoms with Gasteiger partial charge in [-0.05, 0) is 45.6 Å². The lowest BCUT2D eigenvalue weighted by molar-refractivity contribution is -0.131. The Morgan fingerprint density at radius 1 is 0.478 bits per heavy atom. The molecule has 0 radical (unpaired) electrons. The summed E-state index contributed by atoms with van der Waals surface area (Å²) in [5.74, 6) is -1.50. The van der Waals surface area contributed by atoms with Crippen LogP contribution >= 0.6 is 0 Å². The smallest absolute Gasteiger partial charge is 0.407 e. The van der Waals surface area contributed by atoms with Crippen LogP contribution in [0.2, 0.25) is 0 Å². The molecule has 9 N–H and O–H groups in total. The second-order valence-corrected chi connectivity index (χ2v) is 15.4. The zero-order chi connectivity index (χ0) is 49.9. The van der Waals surface area contributed by atoms with Crippen molar-refractivity contribution in [1.29, 1.82) is 0 Å². The summed E-state index contributed by atoms with van der Waals surface area (Å²) in [6.07, 6.45) is -1.98. The van der Waals surface area contributed by atoms with Crippen molar-refractivity contribution in [2.45, 2.75) is 76.9 Å². The van der Waals surface area contributed by atoms with Gasteiger partial charge < -0.3 is 85.3 Å². The monoisotopic (exact) mass is 967 g/mol. The predicted molar refractivity (Wildman–Crippen MR) is 238 cm³/mol. The fourth-order valence-electron chi connectivity index (χ4n) is 5.07. The second-order valence-electron chi connectivity index (χ2n) is 15.4. The Bertz CT molecular complexity index is 1410. The number of nitrogens with one attached hydrogen (secondary N) is 7. The lowest BCUT2D eigenvalue weighted by Crippen LogP contribution is -2.59. The van der Waals surface area contributed by atoms with Crippen molar-refractivity contribution in [3.05, 3.63) is 10.4 Å². The van der Waals surface area contributed by atoms with E-state index in [4.69, 9.17) is 53.6 Å². The third kappa shape index (κ3) is 43.1. The van der Waals surface area contributed by atoms with Gasteiger partial charge in [-0.15, -0.1) is 0 Å². The van der Waals surface area contributed by atoms with E-state index in [0.717, 1.165) is 0 Å². The molecule has 0 saturated heterocycles. The highest BCUT2D eigenvalue weighted by molar-refractivity contribution is 5.77. The third-order valence-corrected chi connectivity index (χ3v) is 8.20. The summed E-state index contributed by atoms with van der Waals surface area (Å²) in [5.41, 5.74) is 6.23. The van der Waals surface area contributed by atoms with Gasteiger partial charge in [-0.3, -0.25) is 19.2 Å². The molecule has 0 unspecified atom stereocenters. The molecule has 27 nitrogen and oxygen atoms in total. The van der Waals surface area contributed by atoms with Gasteiger partial charge in [0, 0.05) is 76.4 Å². The van der Waals surface area contributed by atoms with Crippen molar-refractivity contribution in [3.8, 4) is 0 Å². The first kappa shape index (κ1) is 61.7.